The van der Waals surface area contributed by atoms with Crippen molar-refractivity contribution in [1.82, 2.24) is 0 Å². The van der Waals surface area contributed by atoms with E-state index in [1.807, 2.05) is 0 Å². The van der Waals surface area contributed by atoms with E-state index in [9.17, 15) is 0 Å². The lowest BCUT2D eigenvalue weighted by Crippen LogP contribution is -2.14. The summed E-state index contributed by atoms with van der Waals surface area (Å²) in [6.07, 6.45) is 7.55. The molecule has 0 saturated carbocycles. The topological polar surface area (TPSA) is 0 Å². The number of benzene rings is 2. The number of hydrogen-bond donors (Lipinski definition) is 0. The highest BCUT2D eigenvalue weighted by molar-refractivity contribution is 7.42. The second-order valence-corrected chi connectivity index (χ2v) is 7.67. The predicted molar refractivity (Wildman–Crippen MR) is 82.9 cm³/mol. The molecule has 2 aliphatic rings. The van der Waals surface area contributed by atoms with Gasteiger partial charge in [0.05, 0.1) is 0 Å². The Kier molecular flexibility index (Phi) is 2.44. The summed E-state index contributed by atoms with van der Waals surface area (Å²) in [6, 6.07) is 22.1. The van der Waals surface area contributed by atoms with Gasteiger partial charge in [0.1, 0.15) is 0 Å². The highest BCUT2D eigenvalue weighted by Gasteiger charge is 2.51. The molecular formula is C18H17P. The molecule has 1 heteroatoms. The van der Waals surface area contributed by atoms with Gasteiger partial charge in [-0.1, -0.05) is 81.4 Å². The molecule has 1 fully saturated rings. The van der Waals surface area contributed by atoms with Gasteiger partial charge in [-0.3, -0.25) is 0 Å². The molecule has 2 aromatic carbocycles. The van der Waals surface area contributed by atoms with Crippen molar-refractivity contribution >= 4 is 8.58 Å². The van der Waals surface area contributed by atoms with Crippen LogP contribution < -0.4 is 0 Å². The molecule has 4 rings (SSSR count). The summed E-state index contributed by atoms with van der Waals surface area (Å²) in [7, 11) is 0.952. The van der Waals surface area contributed by atoms with Crippen molar-refractivity contribution in [2.75, 3.05) is 0 Å². The first-order chi connectivity index (χ1) is 9.33. The van der Waals surface area contributed by atoms with Gasteiger partial charge in [0, 0.05) is 10.3 Å². The molecule has 0 N–H and O–H groups in total. The molecule has 19 heavy (non-hydrogen) atoms. The maximum absolute atomic E-state index is 2.48. The summed E-state index contributed by atoms with van der Waals surface area (Å²) in [4.78, 5) is 0. The van der Waals surface area contributed by atoms with Crippen LogP contribution in [0.1, 0.15) is 24.0 Å². The van der Waals surface area contributed by atoms with E-state index in [0.717, 1.165) is 8.58 Å². The van der Waals surface area contributed by atoms with Crippen LogP contribution >= 0.6 is 8.58 Å². The molecule has 2 aliphatic heterocycles. The van der Waals surface area contributed by atoms with E-state index in [4.69, 9.17) is 0 Å². The van der Waals surface area contributed by atoms with Crippen LogP contribution in [0.5, 0.6) is 0 Å². The third kappa shape index (κ3) is 1.63. The molecule has 2 aromatic rings. The van der Waals surface area contributed by atoms with Gasteiger partial charge in [0.15, 0.2) is 0 Å². The second-order valence-electron chi connectivity index (χ2n) is 5.63. The number of rotatable bonds is 2. The minimum Gasteiger partial charge on any atom is -0.0918 e. The Morgan fingerprint density at radius 2 is 1.05 bits per heavy atom. The summed E-state index contributed by atoms with van der Waals surface area (Å²) in [5.41, 5.74) is 3.00. The Morgan fingerprint density at radius 3 is 1.42 bits per heavy atom. The smallest absolute Gasteiger partial charge is 0.0316 e. The predicted octanol–water partition coefficient (Wildman–Crippen LogP) is 4.82. The normalized spacial score (nSPS) is 33.1. The van der Waals surface area contributed by atoms with E-state index in [2.05, 4.69) is 72.8 Å². The number of allylic oxidation sites excluding steroid dienone is 2. The van der Waals surface area contributed by atoms with Crippen molar-refractivity contribution in [2.45, 2.75) is 23.2 Å². The summed E-state index contributed by atoms with van der Waals surface area (Å²) in [6.45, 7) is 0. The van der Waals surface area contributed by atoms with Crippen molar-refractivity contribution in [3.63, 3.8) is 0 Å². The molecule has 0 aliphatic carbocycles. The SMILES string of the molecule is C1=CC2(c3ccccc3)CCC1(c1ccccc1)P2. The van der Waals surface area contributed by atoms with Gasteiger partial charge < -0.3 is 0 Å². The molecule has 2 bridgehead atoms. The molecule has 1 saturated heterocycles. The van der Waals surface area contributed by atoms with Gasteiger partial charge in [-0.15, -0.1) is 0 Å². The summed E-state index contributed by atoms with van der Waals surface area (Å²) < 4.78 is 0. The molecule has 0 spiro atoms. The van der Waals surface area contributed by atoms with Crippen LogP contribution in [-0.2, 0) is 10.3 Å². The fourth-order valence-electron chi connectivity index (χ4n) is 3.55. The standard InChI is InChI=1S/C18H17P/c1-3-7-15(8-4-1)17-11-13-18(19-17,14-12-17)16-9-5-2-6-10-16/h1-11,13,19H,12,14H2. The quantitative estimate of drug-likeness (QED) is 0.539. The Labute approximate surface area is 116 Å². The van der Waals surface area contributed by atoms with Gasteiger partial charge in [-0.25, -0.2) is 0 Å². The zero-order chi connectivity index (χ0) is 12.8. The first-order valence-corrected chi connectivity index (χ1v) is 7.94. The fourth-order valence-corrected chi connectivity index (χ4v) is 5.80. The van der Waals surface area contributed by atoms with E-state index >= 15 is 0 Å². The van der Waals surface area contributed by atoms with Crippen molar-refractivity contribution in [3.05, 3.63) is 83.9 Å². The molecule has 0 aromatic heterocycles. The second kappa shape index (κ2) is 4.05. The van der Waals surface area contributed by atoms with E-state index in [0.29, 0.717) is 10.3 Å². The molecule has 2 unspecified atom stereocenters. The molecule has 0 nitrogen and oxygen atoms in total. The van der Waals surface area contributed by atoms with Gasteiger partial charge in [-0.2, -0.15) is 0 Å². The number of fused-ring (bicyclic) bond motifs is 2. The molecular weight excluding hydrogens is 247 g/mol. The molecule has 2 heterocycles. The number of hydrogen-bond acceptors (Lipinski definition) is 0. The van der Waals surface area contributed by atoms with Crippen molar-refractivity contribution in [3.8, 4) is 0 Å². The third-order valence-corrected chi connectivity index (χ3v) is 6.89. The van der Waals surface area contributed by atoms with Crippen molar-refractivity contribution < 1.29 is 0 Å². The zero-order valence-electron chi connectivity index (χ0n) is 10.8. The van der Waals surface area contributed by atoms with Gasteiger partial charge in [0.2, 0.25) is 0 Å². The van der Waals surface area contributed by atoms with Gasteiger partial charge >= 0.3 is 0 Å². The van der Waals surface area contributed by atoms with Crippen LogP contribution in [0.25, 0.3) is 0 Å². The molecule has 0 amide bonds. The monoisotopic (exact) mass is 264 g/mol. The van der Waals surface area contributed by atoms with Crippen molar-refractivity contribution in [1.29, 1.82) is 0 Å². The summed E-state index contributed by atoms with van der Waals surface area (Å²) in [5, 5.41) is 0.633. The Morgan fingerprint density at radius 1 is 0.632 bits per heavy atom. The van der Waals surface area contributed by atoms with Crippen LogP contribution in [0.3, 0.4) is 0 Å². The maximum Gasteiger partial charge on any atom is 0.0316 e. The minimum atomic E-state index is 0.317. The largest absolute Gasteiger partial charge is 0.0918 e. The van der Waals surface area contributed by atoms with Gasteiger partial charge in [-0.05, 0) is 24.0 Å². The first kappa shape index (κ1) is 11.4. The minimum absolute atomic E-state index is 0.317. The van der Waals surface area contributed by atoms with E-state index in [-0.39, 0.29) is 0 Å². The lowest BCUT2D eigenvalue weighted by molar-refractivity contribution is 0.598. The summed E-state index contributed by atoms with van der Waals surface area (Å²) in [5.74, 6) is 0. The lowest BCUT2D eigenvalue weighted by Gasteiger charge is -2.24. The zero-order valence-corrected chi connectivity index (χ0v) is 11.8. The highest BCUT2D eigenvalue weighted by atomic mass is 31.1. The highest BCUT2D eigenvalue weighted by Crippen LogP contribution is 2.70. The Bertz CT molecular complexity index is 561. The Balaban J connectivity index is 1.75. The molecule has 0 radical (unpaired) electrons. The van der Waals surface area contributed by atoms with Crippen LogP contribution in [-0.4, -0.2) is 0 Å². The van der Waals surface area contributed by atoms with Crippen molar-refractivity contribution in [2.24, 2.45) is 0 Å². The lowest BCUT2D eigenvalue weighted by atomic mass is 9.82. The molecule has 2 atom stereocenters. The summed E-state index contributed by atoms with van der Waals surface area (Å²) >= 11 is 0. The average Bonchev–Trinajstić information content (AvgIpc) is 3.08. The van der Waals surface area contributed by atoms with E-state index in [1.54, 1.807) is 0 Å². The van der Waals surface area contributed by atoms with Crippen LogP contribution in [0, 0.1) is 0 Å². The molecule has 94 valence electrons. The van der Waals surface area contributed by atoms with E-state index < -0.39 is 0 Å². The van der Waals surface area contributed by atoms with Crippen LogP contribution in [0.4, 0.5) is 0 Å². The fraction of sp³-hybridized carbons (Fsp3) is 0.222. The Hall–Kier alpha value is -1.39. The third-order valence-electron chi connectivity index (χ3n) is 4.59. The van der Waals surface area contributed by atoms with Gasteiger partial charge in [0.25, 0.3) is 0 Å². The average molecular weight is 264 g/mol. The van der Waals surface area contributed by atoms with Crippen LogP contribution in [0.15, 0.2) is 72.8 Å². The van der Waals surface area contributed by atoms with E-state index in [1.165, 1.54) is 24.0 Å². The maximum atomic E-state index is 2.48. The van der Waals surface area contributed by atoms with Crippen LogP contribution in [0.2, 0.25) is 0 Å². The first-order valence-electron chi connectivity index (χ1n) is 6.94.